The molecule has 0 aliphatic carbocycles. The summed E-state index contributed by atoms with van der Waals surface area (Å²) in [5, 5.41) is 8.64. The van der Waals surface area contributed by atoms with Crippen molar-refractivity contribution in [2.75, 3.05) is 13.2 Å². The number of aliphatic hydroxyl groups is 1. The van der Waals surface area contributed by atoms with Gasteiger partial charge in [-0.2, -0.15) is 0 Å². The largest absolute Gasteiger partial charge is 0.491 e. The second-order valence-corrected chi connectivity index (χ2v) is 3.29. The van der Waals surface area contributed by atoms with Crippen molar-refractivity contribution in [3.63, 3.8) is 0 Å². The van der Waals surface area contributed by atoms with Crippen LogP contribution in [0.1, 0.15) is 12.7 Å². The number of aryl methyl sites for hydroxylation is 1. The third kappa shape index (κ3) is 2.10. The highest BCUT2D eigenvalue weighted by atomic mass is 16.5. The van der Waals surface area contributed by atoms with Gasteiger partial charge < -0.3 is 14.8 Å². The van der Waals surface area contributed by atoms with Crippen LogP contribution in [0.15, 0.2) is 18.2 Å². The van der Waals surface area contributed by atoms with E-state index in [-0.39, 0.29) is 6.61 Å². The first kappa shape index (κ1) is 9.98. The van der Waals surface area contributed by atoms with Crippen molar-refractivity contribution in [2.24, 2.45) is 0 Å². The molecular formula is C11H14N2O2. The minimum absolute atomic E-state index is 0.0290. The molecule has 1 aromatic carbocycles. The summed E-state index contributed by atoms with van der Waals surface area (Å²) in [6.45, 7) is 2.41. The Bertz CT molecular complexity index is 451. The molecule has 0 saturated carbocycles. The van der Waals surface area contributed by atoms with Crippen LogP contribution in [0.3, 0.4) is 0 Å². The zero-order valence-corrected chi connectivity index (χ0v) is 8.66. The molecule has 0 unspecified atom stereocenters. The highest BCUT2D eigenvalue weighted by Gasteiger charge is 2.02. The molecule has 0 amide bonds. The van der Waals surface area contributed by atoms with Gasteiger partial charge in [0.1, 0.15) is 18.2 Å². The number of ether oxygens (including phenoxy) is 1. The summed E-state index contributed by atoms with van der Waals surface area (Å²) >= 11 is 0. The lowest BCUT2D eigenvalue weighted by Crippen LogP contribution is -2.01. The highest BCUT2D eigenvalue weighted by molar-refractivity contribution is 5.76. The second kappa shape index (κ2) is 4.31. The minimum Gasteiger partial charge on any atom is -0.491 e. The molecule has 2 N–H and O–H groups in total. The lowest BCUT2D eigenvalue weighted by Gasteiger charge is -2.02. The number of hydrogen-bond acceptors (Lipinski definition) is 3. The molecule has 4 heteroatoms. The Kier molecular flexibility index (Phi) is 2.87. The Morgan fingerprint density at radius 1 is 1.47 bits per heavy atom. The van der Waals surface area contributed by atoms with Crippen molar-refractivity contribution < 1.29 is 9.84 Å². The average Bonchev–Trinajstić information content (AvgIpc) is 2.68. The van der Waals surface area contributed by atoms with Crippen molar-refractivity contribution in [1.82, 2.24) is 9.97 Å². The number of imidazole rings is 1. The molecule has 0 saturated heterocycles. The average molecular weight is 206 g/mol. The smallest absolute Gasteiger partial charge is 0.121 e. The van der Waals surface area contributed by atoms with E-state index >= 15 is 0 Å². The number of rotatable bonds is 4. The lowest BCUT2D eigenvalue weighted by atomic mass is 10.3. The van der Waals surface area contributed by atoms with Gasteiger partial charge in [-0.3, -0.25) is 0 Å². The molecule has 0 radical (unpaired) electrons. The summed E-state index contributed by atoms with van der Waals surface area (Å²) in [6.07, 6.45) is 0.890. The molecule has 1 heterocycles. The summed E-state index contributed by atoms with van der Waals surface area (Å²) in [5.74, 6) is 1.73. The fourth-order valence-electron chi connectivity index (χ4n) is 1.46. The van der Waals surface area contributed by atoms with E-state index in [0.29, 0.717) is 6.61 Å². The molecule has 0 fully saturated rings. The molecular weight excluding hydrogens is 192 g/mol. The van der Waals surface area contributed by atoms with Crippen molar-refractivity contribution in [3.05, 3.63) is 24.0 Å². The zero-order chi connectivity index (χ0) is 10.7. The molecule has 80 valence electrons. The summed E-state index contributed by atoms with van der Waals surface area (Å²) in [5.41, 5.74) is 1.92. The van der Waals surface area contributed by atoms with E-state index < -0.39 is 0 Å². The maximum atomic E-state index is 8.64. The molecule has 0 aliphatic rings. The van der Waals surface area contributed by atoms with Gasteiger partial charge in [-0.15, -0.1) is 0 Å². The van der Waals surface area contributed by atoms with Gasteiger partial charge in [0.2, 0.25) is 0 Å². The van der Waals surface area contributed by atoms with Gasteiger partial charge in [0.05, 0.1) is 17.6 Å². The fraction of sp³-hybridized carbons (Fsp3) is 0.364. The monoisotopic (exact) mass is 206 g/mol. The molecule has 0 aliphatic heterocycles. The van der Waals surface area contributed by atoms with Crippen molar-refractivity contribution in [2.45, 2.75) is 13.3 Å². The number of hydrogen-bond donors (Lipinski definition) is 2. The van der Waals surface area contributed by atoms with Crippen LogP contribution in [-0.4, -0.2) is 28.3 Å². The standard InChI is InChI=1S/C11H14N2O2/c1-2-11-12-9-4-3-8(15-6-5-14)7-10(9)13-11/h3-4,7,14H,2,5-6H2,1H3,(H,12,13). The third-order valence-corrected chi connectivity index (χ3v) is 2.20. The van der Waals surface area contributed by atoms with Gasteiger partial charge in [0, 0.05) is 12.5 Å². The van der Waals surface area contributed by atoms with Gasteiger partial charge in [-0.25, -0.2) is 4.98 Å². The topological polar surface area (TPSA) is 58.1 Å². The SMILES string of the molecule is CCc1nc2ccc(OCCO)cc2[nH]1. The molecule has 0 spiro atoms. The molecule has 0 bridgehead atoms. The van der Waals surface area contributed by atoms with Crippen molar-refractivity contribution in [3.8, 4) is 5.75 Å². The lowest BCUT2D eigenvalue weighted by molar-refractivity contribution is 0.201. The van der Waals surface area contributed by atoms with E-state index in [2.05, 4.69) is 16.9 Å². The molecule has 2 aromatic rings. The first-order chi connectivity index (χ1) is 7.33. The molecule has 1 aromatic heterocycles. The summed E-state index contributed by atoms with van der Waals surface area (Å²) in [7, 11) is 0. The zero-order valence-electron chi connectivity index (χ0n) is 8.66. The van der Waals surface area contributed by atoms with Gasteiger partial charge in [0.15, 0.2) is 0 Å². The quantitative estimate of drug-likeness (QED) is 0.797. The number of nitrogens with zero attached hydrogens (tertiary/aromatic N) is 1. The Balaban J connectivity index is 2.29. The van der Waals surface area contributed by atoms with Crippen LogP contribution in [0, 0.1) is 0 Å². The Hall–Kier alpha value is -1.55. The molecule has 0 atom stereocenters. The van der Waals surface area contributed by atoms with Crippen molar-refractivity contribution in [1.29, 1.82) is 0 Å². The predicted molar refractivity (Wildman–Crippen MR) is 58.1 cm³/mol. The van der Waals surface area contributed by atoms with Crippen LogP contribution in [-0.2, 0) is 6.42 Å². The van der Waals surface area contributed by atoms with E-state index in [1.54, 1.807) is 0 Å². The summed E-state index contributed by atoms with van der Waals surface area (Å²) in [6, 6.07) is 5.67. The molecule has 15 heavy (non-hydrogen) atoms. The summed E-state index contributed by atoms with van der Waals surface area (Å²) < 4.78 is 5.31. The van der Waals surface area contributed by atoms with E-state index in [4.69, 9.17) is 9.84 Å². The van der Waals surface area contributed by atoms with Gasteiger partial charge in [0.25, 0.3) is 0 Å². The number of aliphatic hydroxyl groups excluding tert-OH is 1. The molecule has 2 rings (SSSR count). The number of nitrogens with one attached hydrogen (secondary N) is 1. The van der Waals surface area contributed by atoms with Gasteiger partial charge >= 0.3 is 0 Å². The Morgan fingerprint density at radius 3 is 3.07 bits per heavy atom. The second-order valence-electron chi connectivity index (χ2n) is 3.29. The number of aromatic nitrogens is 2. The first-order valence-corrected chi connectivity index (χ1v) is 5.05. The normalized spacial score (nSPS) is 10.8. The van der Waals surface area contributed by atoms with Crippen LogP contribution in [0.25, 0.3) is 11.0 Å². The van der Waals surface area contributed by atoms with E-state index in [1.165, 1.54) is 0 Å². The number of benzene rings is 1. The maximum absolute atomic E-state index is 8.64. The summed E-state index contributed by atoms with van der Waals surface area (Å²) in [4.78, 5) is 7.60. The third-order valence-electron chi connectivity index (χ3n) is 2.20. The van der Waals surface area contributed by atoms with Crippen LogP contribution in [0.2, 0.25) is 0 Å². The predicted octanol–water partition coefficient (Wildman–Crippen LogP) is 1.50. The number of H-pyrrole nitrogens is 1. The van der Waals surface area contributed by atoms with Crippen LogP contribution in [0.4, 0.5) is 0 Å². The molecule has 4 nitrogen and oxygen atoms in total. The van der Waals surface area contributed by atoms with E-state index in [0.717, 1.165) is 29.0 Å². The van der Waals surface area contributed by atoms with E-state index in [1.807, 2.05) is 18.2 Å². The Morgan fingerprint density at radius 2 is 2.33 bits per heavy atom. The fourth-order valence-corrected chi connectivity index (χ4v) is 1.46. The number of fused-ring (bicyclic) bond motifs is 1. The van der Waals surface area contributed by atoms with Gasteiger partial charge in [-0.1, -0.05) is 6.92 Å². The van der Waals surface area contributed by atoms with Crippen LogP contribution in [0.5, 0.6) is 5.75 Å². The van der Waals surface area contributed by atoms with Crippen molar-refractivity contribution >= 4 is 11.0 Å². The first-order valence-electron chi connectivity index (χ1n) is 5.05. The maximum Gasteiger partial charge on any atom is 0.121 e. The highest BCUT2D eigenvalue weighted by Crippen LogP contribution is 2.19. The van der Waals surface area contributed by atoms with Crippen LogP contribution >= 0.6 is 0 Å². The van der Waals surface area contributed by atoms with E-state index in [9.17, 15) is 0 Å². The number of aromatic amines is 1. The minimum atomic E-state index is 0.0290. The van der Waals surface area contributed by atoms with Crippen LogP contribution < -0.4 is 4.74 Å². The van der Waals surface area contributed by atoms with Gasteiger partial charge in [-0.05, 0) is 12.1 Å². The Labute approximate surface area is 87.9 Å².